The van der Waals surface area contributed by atoms with Crippen molar-refractivity contribution in [2.45, 2.75) is 43.9 Å². The van der Waals surface area contributed by atoms with Gasteiger partial charge in [0, 0.05) is 29.9 Å². The van der Waals surface area contributed by atoms with Gasteiger partial charge in [0.05, 0.1) is 6.42 Å². The van der Waals surface area contributed by atoms with Crippen LogP contribution in [-0.4, -0.2) is 39.1 Å². The molecule has 0 spiro atoms. The maximum absolute atomic E-state index is 12.5. The average molecular weight is 345 g/mol. The predicted octanol–water partition coefficient (Wildman–Crippen LogP) is 3.28. The van der Waals surface area contributed by atoms with E-state index in [1.54, 1.807) is 0 Å². The highest BCUT2D eigenvalue weighted by Crippen LogP contribution is 2.38. The van der Waals surface area contributed by atoms with Gasteiger partial charge in [-0.1, -0.05) is 23.7 Å². The molecule has 126 valence electrons. The molecule has 1 aromatic heterocycles. The molecule has 1 amide bonds. The normalized spacial score (nSPS) is 18.8. The molecule has 0 radical (unpaired) electrons. The van der Waals surface area contributed by atoms with Crippen LogP contribution in [-0.2, 0) is 11.2 Å². The SMILES string of the molecule is O=C(Cc1ccc(Cl)cc1)N1CCC(c2nc(C3CC3)n[nH]2)CC1. The largest absolute Gasteiger partial charge is 0.342 e. The Morgan fingerprint density at radius 1 is 1.12 bits per heavy atom. The molecule has 0 unspecified atom stereocenters. The number of carbonyl (C=O) groups excluding carboxylic acids is 1. The van der Waals surface area contributed by atoms with E-state index in [0.717, 1.165) is 43.1 Å². The van der Waals surface area contributed by atoms with Crippen molar-refractivity contribution in [1.82, 2.24) is 20.1 Å². The van der Waals surface area contributed by atoms with Crippen molar-refractivity contribution in [3.8, 4) is 0 Å². The van der Waals surface area contributed by atoms with Crippen molar-refractivity contribution >= 4 is 17.5 Å². The highest BCUT2D eigenvalue weighted by atomic mass is 35.5. The Kier molecular flexibility index (Phi) is 4.27. The second-order valence-corrected chi connectivity index (χ2v) is 7.25. The van der Waals surface area contributed by atoms with Crippen molar-refractivity contribution in [3.05, 3.63) is 46.5 Å². The molecule has 1 aliphatic heterocycles. The molecule has 1 saturated heterocycles. The number of carbonyl (C=O) groups is 1. The minimum Gasteiger partial charge on any atom is -0.342 e. The van der Waals surface area contributed by atoms with E-state index in [1.165, 1.54) is 12.8 Å². The molecule has 5 nitrogen and oxygen atoms in total. The third-order valence-electron chi connectivity index (χ3n) is 4.97. The zero-order valence-electron chi connectivity index (χ0n) is 13.5. The van der Waals surface area contributed by atoms with Crippen LogP contribution in [0.15, 0.2) is 24.3 Å². The van der Waals surface area contributed by atoms with E-state index >= 15 is 0 Å². The molecule has 1 N–H and O–H groups in total. The lowest BCUT2D eigenvalue weighted by Crippen LogP contribution is -2.39. The molecule has 2 aliphatic rings. The number of aromatic amines is 1. The summed E-state index contributed by atoms with van der Waals surface area (Å²) in [6, 6.07) is 7.50. The van der Waals surface area contributed by atoms with Crippen LogP contribution in [0.25, 0.3) is 0 Å². The number of piperidine rings is 1. The van der Waals surface area contributed by atoms with Gasteiger partial charge >= 0.3 is 0 Å². The molecule has 1 aliphatic carbocycles. The van der Waals surface area contributed by atoms with E-state index in [-0.39, 0.29) is 5.91 Å². The summed E-state index contributed by atoms with van der Waals surface area (Å²) in [5.74, 6) is 3.14. The molecule has 2 heterocycles. The zero-order valence-corrected chi connectivity index (χ0v) is 14.3. The number of hydrogen-bond acceptors (Lipinski definition) is 3. The summed E-state index contributed by atoms with van der Waals surface area (Å²) in [6.07, 6.45) is 4.77. The van der Waals surface area contributed by atoms with Gasteiger partial charge in [-0.3, -0.25) is 9.89 Å². The van der Waals surface area contributed by atoms with Gasteiger partial charge in [0.1, 0.15) is 5.82 Å². The predicted molar refractivity (Wildman–Crippen MR) is 92.1 cm³/mol. The molecule has 0 atom stereocenters. The number of nitrogens with zero attached hydrogens (tertiary/aromatic N) is 3. The van der Waals surface area contributed by atoms with E-state index in [9.17, 15) is 4.79 Å². The lowest BCUT2D eigenvalue weighted by atomic mass is 9.95. The molecule has 1 aromatic carbocycles. The number of H-pyrrole nitrogens is 1. The zero-order chi connectivity index (χ0) is 16.5. The van der Waals surface area contributed by atoms with Crippen molar-refractivity contribution in [2.75, 3.05) is 13.1 Å². The second kappa shape index (κ2) is 6.55. The monoisotopic (exact) mass is 344 g/mol. The lowest BCUT2D eigenvalue weighted by molar-refractivity contribution is -0.131. The van der Waals surface area contributed by atoms with Crippen LogP contribution in [0.1, 0.15) is 54.7 Å². The molecule has 2 fully saturated rings. The molecule has 24 heavy (non-hydrogen) atoms. The van der Waals surface area contributed by atoms with Gasteiger partial charge in [-0.25, -0.2) is 4.98 Å². The van der Waals surface area contributed by atoms with Gasteiger partial charge in [0.25, 0.3) is 0 Å². The Labute approximate surface area is 146 Å². The number of hydrogen-bond donors (Lipinski definition) is 1. The quantitative estimate of drug-likeness (QED) is 0.925. The summed E-state index contributed by atoms with van der Waals surface area (Å²) in [5.41, 5.74) is 1.01. The number of amides is 1. The van der Waals surface area contributed by atoms with E-state index in [2.05, 4.69) is 15.2 Å². The van der Waals surface area contributed by atoms with Crippen LogP contribution in [0.2, 0.25) is 5.02 Å². The molecular formula is C18H21ClN4O. The molecule has 6 heteroatoms. The van der Waals surface area contributed by atoms with Gasteiger partial charge in [-0.05, 0) is 43.4 Å². The number of aromatic nitrogens is 3. The van der Waals surface area contributed by atoms with Crippen LogP contribution >= 0.6 is 11.6 Å². The van der Waals surface area contributed by atoms with Gasteiger partial charge in [0.15, 0.2) is 5.82 Å². The van der Waals surface area contributed by atoms with Gasteiger partial charge in [-0.15, -0.1) is 0 Å². The summed E-state index contributed by atoms with van der Waals surface area (Å²) < 4.78 is 0. The third-order valence-corrected chi connectivity index (χ3v) is 5.22. The molecule has 0 bridgehead atoms. The first-order valence-electron chi connectivity index (χ1n) is 8.63. The second-order valence-electron chi connectivity index (χ2n) is 6.81. The fourth-order valence-corrected chi connectivity index (χ4v) is 3.41. The summed E-state index contributed by atoms with van der Waals surface area (Å²) in [4.78, 5) is 19.1. The van der Waals surface area contributed by atoms with Crippen molar-refractivity contribution in [1.29, 1.82) is 0 Å². The lowest BCUT2D eigenvalue weighted by Gasteiger charge is -2.31. The Morgan fingerprint density at radius 2 is 1.83 bits per heavy atom. The molecule has 4 rings (SSSR count). The third kappa shape index (κ3) is 3.46. The van der Waals surface area contributed by atoms with E-state index < -0.39 is 0 Å². The van der Waals surface area contributed by atoms with E-state index in [4.69, 9.17) is 11.6 Å². The van der Waals surface area contributed by atoms with Crippen LogP contribution in [0.5, 0.6) is 0 Å². The van der Waals surface area contributed by atoms with Crippen LogP contribution in [0.4, 0.5) is 0 Å². The molecular weight excluding hydrogens is 324 g/mol. The van der Waals surface area contributed by atoms with Gasteiger partial charge in [-0.2, -0.15) is 5.10 Å². The van der Waals surface area contributed by atoms with Gasteiger partial charge in [0.2, 0.25) is 5.91 Å². The minimum atomic E-state index is 0.187. The highest BCUT2D eigenvalue weighted by molar-refractivity contribution is 6.30. The number of nitrogens with one attached hydrogen (secondary N) is 1. The first-order chi connectivity index (χ1) is 11.7. The number of likely N-dealkylation sites (tertiary alicyclic amines) is 1. The fraction of sp³-hybridized carbons (Fsp3) is 0.500. The Hall–Kier alpha value is -1.88. The van der Waals surface area contributed by atoms with Crippen molar-refractivity contribution < 1.29 is 4.79 Å². The Bertz CT molecular complexity index is 715. The molecule has 1 saturated carbocycles. The minimum absolute atomic E-state index is 0.187. The average Bonchev–Trinajstić information content (AvgIpc) is 3.34. The van der Waals surface area contributed by atoms with E-state index in [1.807, 2.05) is 29.2 Å². The summed E-state index contributed by atoms with van der Waals surface area (Å²) in [6.45, 7) is 1.58. The summed E-state index contributed by atoms with van der Waals surface area (Å²) in [5, 5.41) is 8.15. The number of benzene rings is 1. The number of halogens is 1. The van der Waals surface area contributed by atoms with Gasteiger partial charge < -0.3 is 4.90 Å². The summed E-state index contributed by atoms with van der Waals surface area (Å²) >= 11 is 5.89. The number of rotatable bonds is 4. The first kappa shape index (κ1) is 15.6. The van der Waals surface area contributed by atoms with Crippen molar-refractivity contribution in [2.24, 2.45) is 0 Å². The standard InChI is InChI=1S/C18H21ClN4O/c19-15-5-1-12(2-6-15)11-16(24)23-9-7-14(8-10-23)18-20-17(21-22-18)13-3-4-13/h1-2,5-6,13-14H,3-4,7-11H2,(H,20,21,22). The topological polar surface area (TPSA) is 61.9 Å². The van der Waals surface area contributed by atoms with Crippen LogP contribution < -0.4 is 0 Å². The highest BCUT2D eigenvalue weighted by Gasteiger charge is 2.30. The maximum atomic E-state index is 12.5. The van der Waals surface area contributed by atoms with Crippen LogP contribution in [0, 0.1) is 0 Å². The Balaban J connectivity index is 1.31. The fourth-order valence-electron chi connectivity index (χ4n) is 3.29. The smallest absolute Gasteiger partial charge is 0.226 e. The molecule has 2 aromatic rings. The maximum Gasteiger partial charge on any atom is 0.226 e. The van der Waals surface area contributed by atoms with Crippen molar-refractivity contribution in [3.63, 3.8) is 0 Å². The first-order valence-corrected chi connectivity index (χ1v) is 9.01. The van der Waals surface area contributed by atoms with Crippen LogP contribution in [0.3, 0.4) is 0 Å². The summed E-state index contributed by atoms with van der Waals surface area (Å²) in [7, 11) is 0. The Morgan fingerprint density at radius 3 is 2.50 bits per heavy atom. The van der Waals surface area contributed by atoms with E-state index in [0.29, 0.717) is 23.3 Å².